The van der Waals surface area contributed by atoms with E-state index >= 15 is 0 Å². The molecule has 1 aliphatic heterocycles. The number of halogens is 4. The number of para-hydroxylation sites is 2. The number of benzene rings is 4. The highest BCUT2D eigenvalue weighted by Crippen LogP contribution is 2.40. The van der Waals surface area contributed by atoms with E-state index in [1.54, 1.807) is 55.6 Å². The number of methoxy groups -OCH3 is 1. The van der Waals surface area contributed by atoms with Crippen molar-refractivity contribution in [3.8, 4) is 11.5 Å². The highest BCUT2D eigenvalue weighted by molar-refractivity contribution is 6.40. The second kappa shape index (κ2) is 10.5. The molecule has 4 aromatic carbocycles. The summed E-state index contributed by atoms with van der Waals surface area (Å²) in [5, 5.41) is 4.32. The van der Waals surface area contributed by atoms with Crippen LogP contribution < -0.4 is 19.7 Å². The van der Waals surface area contributed by atoms with Gasteiger partial charge < -0.3 is 14.8 Å². The lowest BCUT2D eigenvalue weighted by atomic mass is 10.0. The molecule has 1 amide bonds. The standard InChI is InChI=1S/C28H20Cl3FN2O3/c1-36-25-11-10-16(12-17(25)15-37-26-20(30)13-18(29)14-21(26)31)27-33-23-8-4-2-6-19(23)28(35)34(27)24-9-5-3-7-22(24)32/h2-14,27,33H,15H2,1H3/t27-/m0/s1. The van der Waals surface area contributed by atoms with Crippen molar-refractivity contribution in [2.24, 2.45) is 0 Å². The zero-order valence-electron chi connectivity index (χ0n) is 19.5. The van der Waals surface area contributed by atoms with Crippen LogP contribution in [0.4, 0.5) is 15.8 Å². The van der Waals surface area contributed by atoms with Crippen molar-refractivity contribution in [1.29, 1.82) is 0 Å². The molecule has 0 unspecified atom stereocenters. The van der Waals surface area contributed by atoms with Gasteiger partial charge in [-0.2, -0.15) is 0 Å². The summed E-state index contributed by atoms with van der Waals surface area (Å²) in [7, 11) is 1.55. The number of fused-ring (bicyclic) bond motifs is 1. The lowest BCUT2D eigenvalue weighted by molar-refractivity contribution is 0.0974. The van der Waals surface area contributed by atoms with Crippen LogP contribution in [0.2, 0.25) is 15.1 Å². The van der Waals surface area contributed by atoms with E-state index < -0.39 is 12.0 Å². The van der Waals surface area contributed by atoms with Gasteiger partial charge in [-0.15, -0.1) is 0 Å². The minimum atomic E-state index is -0.702. The largest absolute Gasteiger partial charge is 0.496 e. The van der Waals surface area contributed by atoms with Crippen LogP contribution in [-0.4, -0.2) is 13.0 Å². The SMILES string of the molecule is COc1ccc([C@H]2Nc3ccccc3C(=O)N2c2ccccc2F)cc1COc1c(Cl)cc(Cl)cc1Cl. The molecule has 9 heteroatoms. The van der Waals surface area contributed by atoms with Crippen LogP contribution in [0.5, 0.6) is 11.5 Å². The molecule has 4 aromatic rings. The summed E-state index contributed by atoms with van der Waals surface area (Å²) >= 11 is 18.6. The Labute approximate surface area is 228 Å². The maximum absolute atomic E-state index is 14.9. The number of nitrogens with zero attached hydrogens (tertiary/aromatic N) is 1. The summed E-state index contributed by atoms with van der Waals surface area (Å²) in [5.41, 5.74) is 2.62. The lowest BCUT2D eigenvalue weighted by Crippen LogP contribution is -2.43. The molecule has 0 radical (unpaired) electrons. The molecule has 0 spiro atoms. The van der Waals surface area contributed by atoms with Crippen molar-refractivity contribution in [2.45, 2.75) is 12.8 Å². The van der Waals surface area contributed by atoms with Gasteiger partial charge in [-0.3, -0.25) is 9.69 Å². The van der Waals surface area contributed by atoms with Crippen LogP contribution >= 0.6 is 34.8 Å². The monoisotopic (exact) mass is 556 g/mol. The Hall–Kier alpha value is -3.45. The Kier molecular flexibility index (Phi) is 7.15. The average molecular weight is 558 g/mol. The zero-order chi connectivity index (χ0) is 26.1. The fourth-order valence-corrected chi connectivity index (χ4v) is 5.21. The molecule has 0 saturated carbocycles. The third-order valence-electron chi connectivity index (χ3n) is 5.99. The molecule has 0 bridgehead atoms. The van der Waals surface area contributed by atoms with Gasteiger partial charge in [0.25, 0.3) is 5.91 Å². The molecule has 0 aliphatic carbocycles. The third-order valence-corrected chi connectivity index (χ3v) is 6.77. The second-order valence-electron chi connectivity index (χ2n) is 8.28. The first-order valence-electron chi connectivity index (χ1n) is 11.2. The number of hydrogen-bond donors (Lipinski definition) is 1. The fraction of sp³-hybridized carbons (Fsp3) is 0.107. The predicted molar refractivity (Wildman–Crippen MR) is 145 cm³/mol. The topological polar surface area (TPSA) is 50.8 Å². The van der Waals surface area contributed by atoms with E-state index in [1.165, 1.54) is 11.0 Å². The first-order chi connectivity index (χ1) is 17.9. The first kappa shape index (κ1) is 25.2. The van der Waals surface area contributed by atoms with Crippen LogP contribution in [0, 0.1) is 5.82 Å². The summed E-state index contributed by atoms with van der Waals surface area (Å²) < 4.78 is 26.4. The number of nitrogens with one attached hydrogen (secondary N) is 1. The zero-order valence-corrected chi connectivity index (χ0v) is 21.7. The minimum Gasteiger partial charge on any atom is -0.496 e. The molecule has 37 heavy (non-hydrogen) atoms. The van der Waals surface area contributed by atoms with Crippen molar-refractivity contribution >= 4 is 52.1 Å². The van der Waals surface area contributed by atoms with Gasteiger partial charge in [0, 0.05) is 16.3 Å². The third kappa shape index (κ3) is 4.92. The first-order valence-corrected chi connectivity index (χ1v) is 12.4. The summed E-state index contributed by atoms with van der Waals surface area (Å²) in [6, 6.07) is 21.8. The number of ether oxygens (including phenoxy) is 2. The Bertz CT molecular complexity index is 1470. The Morgan fingerprint density at radius 3 is 2.38 bits per heavy atom. The van der Waals surface area contributed by atoms with E-state index in [0.717, 1.165) is 0 Å². The Morgan fingerprint density at radius 1 is 0.946 bits per heavy atom. The molecular formula is C28H20Cl3FN2O3. The quantitative estimate of drug-likeness (QED) is 0.260. The highest BCUT2D eigenvalue weighted by Gasteiger charge is 2.35. The van der Waals surface area contributed by atoms with Gasteiger partial charge in [0.2, 0.25) is 0 Å². The van der Waals surface area contributed by atoms with E-state index in [1.807, 2.05) is 24.3 Å². The molecular weight excluding hydrogens is 538 g/mol. The molecule has 1 N–H and O–H groups in total. The molecule has 0 fully saturated rings. The molecule has 5 nitrogen and oxygen atoms in total. The molecule has 188 valence electrons. The number of hydrogen-bond acceptors (Lipinski definition) is 4. The minimum absolute atomic E-state index is 0.0645. The van der Waals surface area contributed by atoms with E-state index in [4.69, 9.17) is 44.3 Å². The highest BCUT2D eigenvalue weighted by atomic mass is 35.5. The van der Waals surface area contributed by atoms with Gasteiger partial charge in [0.05, 0.1) is 28.4 Å². The predicted octanol–water partition coefficient (Wildman–Crippen LogP) is 8.14. The maximum Gasteiger partial charge on any atom is 0.262 e. The van der Waals surface area contributed by atoms with Crippen LogP contribution in [0.3, 0.4) is 0 Å². The average Bonchev–Trinajstić information content (AvgIpc) is 2.88. The summed E-state index contributed by atoms with van der Waals surface area (Å²) in [4.78, 5) is 15.0. The summed E-state index contributed by atoms with van der Waals surface area (Å²) in [5.74, 6) is 0.0157. The molecule has 1 aliphatic rings. The van der Waals surface area contributed by atoms with Gasteiger partial charge in [-0.05, 0) is 54.1 Å². The van der Waals surface area contributed by atoms with Gasteiger partial charge >= 0.3 is 0 Å². The van der Waals surface area contributed by atoms with Gasteiger partial charge in [0.15, 0.2) is 5.75 Å². The van der Waals surface area contributed by atoms with Crippen LogP contribution in [-0.2, 0) is 6.61 Å². The number of carbonyl (C=O) groups excluding carboxylic acids is 1. The van der Waals surface area contributed by atoms with Crippen molar-refractivity contribution in [2.75, 3.05) is 17.3 Å². The molecule has 1 atom stereocenters. The van der Waals surface area contributed by atoms with Crippen molar-refractivity contribution in [1.82, 2.24) is 0 Å². The van der Waals surface area contributed by atoms with E-state index in [-0.39, 0.29) is 34.0 Å². The summed E-state index contributed by atoms with van der Waals surface area (Å²) in [6.07, 6.45) is -0.702. The molecule has 1 heterocycles. The normalized spacial score (nSPS) is 14.7. The fourth-order valence-electron chi connectivity index (χ4n) is 4.28. The van der Waals surface area contributed by atoms with Crippen LogP contribution in [0.15, 0.2) is 78.9 Å². The lowest BCUT2D eigenvalue weighted by Gasteiger charge is -2.38. The number of rotatable bonds is 6. The maximum atomic E-state index is 14.9. The molecule has 0 saturated heterocycles. The van der Waals surface area contributed by atoms with Crippen molar-refractivity contribution in [3.63, 3.8) is 0 Å². The van der Waals surface area contributed by atoms with Crippen molar-refractivity contribution in [3.05, 3.63) is 116 Å². The van der Waals surface area contributed by atoms with E-state index in [2.05, 4.69) is 5.32 Å². The van der Waals surface area contributed by atoms with E-state index in [9.17, 15) is 9.18 Å². The number of carbonyl (C=O) groups is 1. The smallest absolute Gasteiger partial charge is 0.262 e. The van der Waals surface area contributed by atoms with Gasteiger partial charge in [-0.25, -0.2) is 4.39 Å². The van der Waals surface area contributed by atoms with Gasteiger partial charge in [-0.1, -0.05) is 65.1 Å². The van der Waals surface area contributed by atoms with Crippen LogP contribution in [0.1, 0.15) is 27.7 Å². The Balaban J connectivity index is 1.55. The van der Waals surface area contributed by atoms with Crippen molar-refractivity contribution < 1.29 is 18.7 Å². The number of amides is 1. The number of anilines is 2. The van der Waals surface area contributed by atoms with Crippen LogP contribution in [0.25, 0.3) is 0 Å². The Morgan fingerprint density at radius 2 is 1.65 bits per heavy atom. The van der Waals surface area contributed by atoms with E-state index in [0.29, 0.717) is 33.1 Å². The second-order valence-corrected chi connectivity index (χ2v) is 9.53. The molecule has 5 rings (SSSR count). The molecule has 0 aromatic heterocycles. The summed E-state index contributed by atoms with van der Waals surface area (Å²) in [6.45, 7) is 0.0645. The van der Waals surface area contributed by atoms with Gasteiger partial charge in [0.1, 0.15) is 24.3 Å².